The number of hydrogen-bond donors (Lipinski definition) is 9. The normalized spacial score (nSPS) is 18.0. The molecule has 1 aromatic carbocycles. The Kier molecular flexibility index (Phi) is 19.3. The molecule has 1 aliphatic heterocycles. The number of nitrogens with zero attached hydrogens (tertiary/aromatic N) is 1. The van der Waals surface area contributed by atoms with Crippen LogP contribution in [0.25, 0.3) is 0 Å². The third-order valence-corrected chi connectivity index (χ3v) is 11.6. The molecule has 17 nitrogen and oxygen atoms in total. The molecular weight excluding hydrogens is 781 g/mol. The third-order valence-electron chi connectivity index (χ3n) is 9.89. The fourth-order valence-corrected chi connectivity index (χ4v) is 7.70. The van der Waals surface area contributed by atoms with Crippen molar-refractivity contribution in [1.82, 2.24) is 36.6 Å². The molecule has 0 saturated carbocycles. The molecule has 0 spiro atoms. The van der Waals surface area contributed by atoms with E-state index < -0.39 is 86.2 Å². The van der Waals surface area contributed by atoms with Crippen molar-refractivity contribution < 1.29 is 51.8 Å². The highest BCUT2D eigenvalue weighted by Gasteiger charge is 2.58. The van der Waals surface area contributed by atoms with Crippen LogP contribution in [0.3, 0.4) is 0 Å². The standard InChI is InChI=1S/C38H59F2N8O9P/c1-24(2)19-29(45-34(51)28-16-12-17-43-28)35(52)46-30(20-27-21-42-23-44-27)36(53)47-31(22-49)37(54)48-32(33(41)50)25(3)38(39,40)58(55,56)57-18-11-6-4-5-8-13-26-14-9-7-10-15-26/h7,9-10,14-15,21,23-25,28-32,43,49H,4-6,8,11-13,16-20,22H2,1-3H3,(H2,41,50)(H,42,44)(H,45,51)(H,46,52)(H,47,53)(H,48,54)(H,55,56)/t25-,28+,29+,30+,31+,32+/m1/s1. The van der Waals surface area contributed by atoms with E-state index >= 15 is 8.78 Å². The predicted octanol–water partition coefficient (Wildman–Crippen LogP) is 1.79. The first-order chi connectivity index (χ1) is 27.5. The van der Waals surface area contributed by atoms with Gasteiger partial charge in [-0.3, -0.25) is 28.5 Å². The summed E-state index contributed by atoms with van der Waals surface area (Å²) in [5, 5.41) is 22.7. The topological polar surface area (TPSA) is 267 Å². The number of aliphatic hydroxyl groups excluding tert-OH is 1. The average molecular weight is 841 g/mol. The summed E-state index contributed by atoms with van der Waals surface area (Å²) in [6, 6.07) is 2.86. The number of rotatable bonds is 26. The number of benzene rings is 1. The van der Waals surface area contributed by atoms with E-state index in [2.05, 4.69) is 31.2 Å². The Balaban J connectivity index is 1.62. The Bertz CT molecular complexity index is 1670. The van der Waals surface area contributed by atoms with Gasteiger partial charge in [-0.05, 0) is 56.6 Å². The lowest BCUT2D eigenvalue weighted by atomic mass is 10.0. The molecule has 1 aliphatic rings. The first-order valence-electron chi connectivity index (χ1n) is 19.7. The van der Waals surface area contributed by atoms with Gasteiger partial charge in [0.05, 0.1) is 31.5 Å². The molecule has 1 fully saturated rings. The van der Waals surface area contributed by atoms with E-state index in [9.17, 15) is 38.5 Å². The number of aromatic nitrogens is 2. The number of aliphatic hydroxyl groups is 1. The summed E-state index contributed by atoms with van der Waals surface area (Å²) >= 11 is 0. The number of nitrogens with two attached hydrogens (primary N) is 1. The van der Waals surface area contributed by atoms with Crippen LogP contribution in [0, 0.1) is 11.8 Å². The first kappa shape index (κ1) is 48.1. The average Bonchev–Trinajstić information content (AvgIpc) is 3.91. The van der Waals surface area contributed by atoms with Gasteiger partial charge in [0.15, 0.2) is 0 Å². The quantitative estimate of drug-likeness (QED) is 0.0487. The fraction of sp³-hybridized carbons (Fsp3) is 0.632. The van der Waals surface area contributed by atoms with Crippen molar-refractivity contribution in [2.24, 2.45) is 17.6 Å². The van der Waals surface area contributed by atoms with Crippen LogP contribution in [0.5, 0.6) is 0 Å². The maximum atomic E-state index is 15.5. The number of carbonyl (C=O) groups is 5. The first-order valence-corrected chi connectivity index (χ1v) is 21.3. The van der Waals surface area contributed by atoms with Crippen molar-refractivity contribution in [3.8, 4) is 0 Å². The highest BCUT2D eigenvalue weighted by atomic mass is 31.2. The molecule has 2 heterocycles. The summed E-state index contributed by atoms with van der Waals surface area (Å²) in [4.78, 5) is 82.7. The highest BCUT2D eigenvalue weighted by Crippen LogP contribution is 2.61. The largest absolute Gasteiger partial charge is 0.397 e. The minimum atomic E-state index is -5.72. The van der Waals surface area contributed by atoms with E-state index in [1.54, 1.807) is 0 Å². The van der Waals surface area contributed by atoms with Crippen molar-refractivity contribution in [2.75, 3.05) is 19.8 Å². The number of H-pyrrole nitrogens is 1. The lowest BCUT2D eigenvalue weighted by molar-refractivity contribution is -0.136. The van der Waals surface area contributed by atoms with E-state index in [1.165, 1.54) is 18.1 Å². The van der Waals surface area contributed by atoms with Gasteiger partial charge in [0.1, 0.15) is 24.2 Å². The number of aryl methyl sites for hydroxylation is 1. The Labute approximate surface area is 337 Å². The lowest BCUT2D eigenvalue weighted by Gasteiger charge is -2.32. The van der Waals surface area contributed by atoms with Crippen LogP contribution < -0.4 is 32.3 Å². The number of primary amides is 1. The van der Waals surface area contributed by atoms with E-state index in [4.69, 9.17) is 10.3 Å². The van der Waals surface area contributed by atoms with E-state index in [0.717, 1.165) is 39.0 Å². The highest BCUT2D eigenvalue weighted by molar-refractivity contribution is 7.54. The summed E-state index contributed by atoms with van der Waals surface area (Å²) in [6.45, 7) is 3.52. The van der Waals surface area contributed by atoms with Crippen molar-refractivity contribution >= 4 is 37.1 Å². The zero-order chi connectivity index (χ0) is 42.9. The number of hydrogen-bond acceptors (Lipinski definition) is 10. The zero-order valence-electron chi connectivity index (χ0n) is 33.3. The Morgan fingerprint density at radius 3 is 2.19 bits per heavy atom. The van der Waals surface area contributed by atoms with Gasteiger partial charge >= 0.3 is 13.3 Å². The second-order valence-electron chi connectivity index (χ2n) is 15.0. The Hall–Kier alpha value is -4.29. The number of nitrogens with one attached hydrogen (secondary N) is 6. The maximum Gasteiger partial charge on any atom is 0.397 e. The molecule has 324 valence electrons. The molecule has 1 unspecified atom stereocenters. The summed E-state index contributed by atoms with van der Waals surface area (Å²) in [7, 11) is -5.72. The van der Waals surface area contributed by atoms with Gasteiger partial charge in [-0.25, -0.2) is 4.98 Å². The molecule has 7 atom stereocenters. The van der Waals surface area contributed by atoms with E-state index in [1.807, 2.05) is 49.5 Å². The van der Waals surface area contributed by atoms with Gasteiger partial charge in [-0.15, -0.1) is 0 Å². The van der Waals surface area contributed by atoms with Gasteiger partial charge < -0.3 is 51.8 Å². The minimum Gasteiger partial charge on any atom is -0.394 e. The fourth-order valence-electron chi connectivity index (χ4n) is 6.48. The molecule has 0 aliphatic carbocycles. The summed E-state index contributed by atoms with van der Waals surface area (Å²) in [5.74, 6) is -7.32. The van der Waals surface area contributed by atoms with Crippen LogP contribution in [0.15, 0.2) is 42.9 Å². The molecule has 1 aromatic heterocycles. The molecule has 1 saturated heterocycles. The van der Waals surface area contributed by atoms with Crippen molar-refractivity contribution in [3.05, 3.63) is 54.1 Å². The second kappa shape index (κ2) is 23.3. The van der Waals surface area contributed by atoms with E-state index in [0.29, 0.717) is 25.1 Å². The zero-order valence-corrected chi connectivity index (χ0v) is 34.1. The number of amides is 5. The predicted molar refractivity (Wildman–Crippen MR) is 210 cm³/mol. The van der Waals surface area contributed by atoms with Gasteiger partial charge in [0.25, 0.3) is 0 Å². The van der Waals surface area contributed by atoms with Gasteiger partial charge in [0, 0.05) is 18.3 Å². The lowest BCUT2D eigenvalue weighted by Crippen LogP contribution is -2.61. The molecule has 10 N–H and O–H groups in total. The van der Waals surface area contributed by atoms with Crippen molar-refractivity contribution in [3.63, 3.8) is 0 Å². The van der Waals surface area contributed by atoms with Crippen LogP contribution in [0.2, 0.25) is 0 Å². The van der Waals surface area contributed by atoms with Crippen LogP contribution in [-0.2, 0) is 45.9 Å². The van der Waals surface area contributed by atoms with Gasteiger partial charge in [-0.2, -0.15) is 8.78 Å². The van der Waals surface area contributed by atoms with Crippen LogP contribution >= 0.6 is 7.60 Å². The Morgan fingerprint density at radius 1 is 0.948 bits per heavy atom. The van der Waals surface area contributed by atoms with E-state index in [-0.39, 0.29) is 31.1 Å². The molecule has 20 heteroatoms. The summed E-state index contributed by atoms with van der Waals surface area (Å²) in [6.07, 6.45) is 8.35. The molecule has 3 rings (SSSR count). The van der Waals surface area contributed by atoms with Crippen LogP contribution in [0.4, 0.5) is 8.78 Å². The van der Waals surface area contributed by atoms with Crippen molar-refractivity contribution in [1.29, 1.82) is 0 Å². The van der Waals surface area contributed by atoms with Crippen LogP contribution in [-0.4, -0.2) is 105 Å². The number of alkyl halides is 2. The maximum absolute atomic E-state index is 15.5. The molecule has 0 bridgehead atoms. The van der Waals surface area contributed by atoms with Crippen molar-refractivity contribution in [2.45, 2.75) is 121 Å². The number of aromatic amines is 1. The third kappa shape index (κ3) is 14.8. The monoisotopic (exact) mass is 840 g/mol. The molecule has 2 aromatic rings. The van der Waals surface area contributed by atoms with Gasteiger partial charge in [0.2, 0.25) is 29.5 Å². The number of halogens is 2. The number of unbranched alkanes of at least 4 members (excludes halogenated alkanes) is 4. The summed E-state index contributed by atoms with van der Waals surface area (Å²) in [5.41, 5.74) is 2.39. The molecule has 0 radical (unpaired) electrons. The van der Waals surface area contributed by atoms with Crippen LogP contribution in [0.1, 0.15) is 83.4 Å². The molecular formula is C38H59F2N8O9P. The second-order valence-corrected chi connectivity index (χ2v) is 16.9. The summed E-state index contributed by atoms with van der Waals surface area (Å²) < 4.78 is 48.6. The molecule has 58 heavy (non-hydrogen) atoms. The molecule has 5 amide bonds. The SMILES string of the molecule is CC(C)C[C@H](NC(=O)[C@@H]1CCCN1)C(=O)N[C@@H](Cc1cnc[nH]1)C(=O)N[C@@H](CO)C(=O)N[C@H](C(N)=O)[C@@H](C)C(F)(F)P(=O)(O)OCCCCCCCc1ccccc1. The minimum absolute atomic E-state index is 0.0419. The smallest absolute Gasteiger partial charge is 0.394 e. The number of carbonyl (C=O) groups excluding carboxylic acids is 5. The number of imidazole rings is 1. The Morgan fingerprint density at radius 2 is 1.59 bits per heavy atom. The van der Waals surface area contributed by atoms with Gasteiger partial charge in [-0.1, -0.05) is 70.4 Å².